The van der Waals surface area contributed by atoms with Gasteiger partial charge in [0.25, 0.3) is 5.91 Å². The van der Waals surface area contributed by atoms with Gasteiger partial charge in [0.1, 0.15) is 5.54 Å². The number of ether oxygens (including phenoxy) is 1. The van der Waals surface area contributed by atoms with Crippen molar-refractivity contribution >= 4 is 33.2 Å². The molecule has 2 aromatic carbocycles. The molecule has 0 bridgehead atoms. The first-order valence-corrected chi connectivity index (χ1v) is 11.6. The van der Waals surface area contributed by atoms with Crippen LogP contribution in [0.1, 0.15) is 53.4 Å². The van der Waals surface area contributed by atoms with E-state index in [9.17, 15) is 9.59 Å². The maximum Gasteiger partial charge on any atom is 0.262 e. The standard InChI is InChI=1S/C25H28N2O3S/c1-30-17-20(18-10-4-2-5-11-18)26-24(29)25(14-8-3-9-15-25)27-23(28)22-16-19-12-6-7-13-21(19)31-22/h2,4-7,10-13,16,20H,3,8-9,14-15,17H2,1H3,(H,26,29)(H,27,28)/t20-/m1/s1. The largest absolute Gasteiger partial charge is 0.382 e. The third-order valence-corrected chi connectivity index (χ3v) is 7.10. The molecule has 0 unspecified atom stereocenters. The SMILES string of the molecule is COC[C@@H](NC(=O)C1(NC(=O)c2cc3ccccc3s2)CCCCC1)c1ccccc1. The van der Waals surface area contributed by atoms with Gasteiger partial charge in [-0.2, -0.15) is 0 Å². The van der Waals surface area contributed by atoms with E-state index in [4.69, 9.17) is 4.74 Å². The number of methoxy groups -OCH3 is 1. The lowest BCUT2D eigenvalue weighted by Gasteiger charge is -2.37. The Morgan fingerprint density at radius 1 is 1.03 bits per heavy atom. The lowest BCUT2D eigenvalue weighted by Crippen LogP contribution is -2.60. The van der Waals surface area contributed by atoms with Crippen molar-refractivity contribution in [2.75, 3.05) is 13.7 Å². The van der Waals surface area contributed by atoms with E-state index < -0.39 is 5.54 Å². The van der Waals surface area contributed by atoms with Crippen LogP contribution in [0.5, 0.6) is 0 Å². The Hall–Kier alpha value is -2.70. The average molecular weight is 437 g/mol. The van der Waals surface area contributed by atoms with Gasteiger partial charge in [-0.1, -0.05) is 67.8 Å². The van der Waals surface area contributed by atoms with E-state index in [0.717, 1.165) is 34.9 Å². The van der Waals surface area contributed by atoms with Crippen LogP contribution in [0.2, 0.25) is 0 Å². The predicted molar refractivity (Wildman–Crippen MR) is 124 cm³/mol. The fourth-order valence-corrected chi connectivity index (χ4v) is 5.26. The molecule has 0 saturated heterocycles. The molecule has 2 N–H and O–H groups in total. The number of nitrogens with one attached hydrogen (secondary N) is 2. The third kappa shape index (κ3) is 4.81. The minimum atomic E-state index is -0.897. The number of thiophene rings is 1. The van der Waals surface area contributed by atoms with E-state index in [0.29, 0.717) is 24.3 Å². The second-order valence-electron chi connectivity index (χ2n) is 8.14. The molecule has 1 aromatic heterocycles. The molecular formula is C25H28N2O3S. The van der Waals surface area contributed by atoms with Crippen LogP contribution in [0.3, 0.4) is 0 Å². The quantitative estimate of drug-likeness (QED) is 0.557. The van der Waals surface area contributed by atoms with Gasteiger partial charge < -0.3 is 15.4 Å². The molecule has 1 aliphatic carbocycles. The molecule has 31 heavy (non-hydrogen) atoms. The van der Waals surface area contributed by atoms with Crippen LogP contribution in [0.25, 0.3) is 10.1 Å². The van der Waals surface area contributed by atoms with Gasteiger partial charge in [-0.3, -0.25) is 9.59 Å². The van der Waals surface area contributed by atoms with Gasteiger partial charge in [0.2, 0.25) is 5.91 Å². The average Bonchev–Trinajstić information content (AvgIpc) is 3.24. The van der Waals surface area contributed by atoms with Crippen LogP contribution in [0, 0.1) is 0 Å². The van der Waals surface area contributed by atoms with Gasteiger partial charge in [-0.15, -0.1) is 11.3 Å². The molecule has 0 radical (unpaired) electrons. The second kappa shape index (κ2) is 9.62. The Labute approximate surface area is 186 Å². The van der Waals surface area contributed by atoms with Gasteiger partial charge >= 0.3 is 0 Å². The zero-order chi connectivity index (χ0) is 21.7. The molecular weight excluding hydrogens is 408 g/mol. The maximum absolute atomic E-state index is 13.5. The van der Waals surface area contributed by atoms with Gasteiger partial charge in [0.15, 0.2) is 0 Å². The number of amides is 2. The van der Waals surface area contributed by atoms with Gasteiger partial charge in [-0.05, 0) is 35.9 Å². The molecule has 1 saturated carbocycles. The van der Waals surface area contributed by atoms with Gasteiger partial charge in [-0.25, -0.2) is 0 Å². The number of carbonyl (C=O) groups is 2. The molecule has 1 heterocycles. The van der Waals surface area contributed by atoms with Crippen molar-refractivity contribution in [2.45, 2.75) is 43.7 Å². The highest BCUT2D eigenvalue weighted by atomic mass is 32.1. The summed E-state index contributed by atoms with van der Waals surface area (Å²) < 4.78 is 6.43. The van der Waals surface area contributed by atoms with E-state index in [-0.39, 0.29) is 17.9 Å². The van der Waals surface area contributed by atoms with Crippen molar-refractivity contribution in [1.29, 1.82) is 0 Å². The summed E-state index contributed by atoms with van der Waals surface area (Å²) in [6.07, 6.45) is 4.20. The first-order valence-electron chi connectivity index (χ1n) is 10.8. The Morgan fingerprint density at radius 3 is 2.45 bits per heavy atom. The number of rotatable bonds is 7. The van der Waals surface area contributed by atoms with Gasteiger partial charge in [0, 0.05) is 11.8 Å². The summed E-state index contributed by atoms with van der Waals surface area (Å²) in [6, 6.07) is 19.4. The van der Waals surface area contributed by atoms with E-state index in [1.54, 1.807) is 7.11 Å². The number of hydrogen-bond donors (Lipinski definition) is 2. The third-order valence-electron chi connectivity index (χ3n) is 5.98. The molecule has 6 heteroatoms. The first kappa shape index (κ1) is 21.5. The number of fused-ring (bicyclic) bond motifs is 1. The lowest BCUT2D eigenvalue weighted by molar-refractivity contribution is -0.129. The Morgan fingerprint density at radius 2 is 1.74 bits per heavy atom. The fraction of sp³-hybridized carbons (Fsp3) is 0.360. The lowest BCUT2D eigenvalue weighted by atomic mass is 9.80. The van der Waals surface area contributed by atoms with Crippen molar-refractivity contribution in [3.05, 3.63) is 71.1 Å². The normalized spacial score (nSPS) is 16.5. The molecule has 162 valence electrons. The summed E-state index contributed by atoms with van der Waals surface area (Å²) >= 11 is 1.46. The van der Waals surface area contributed by atoms with Crippen molar-refractivity contribution in [3.8, 4) is 0 Å². The smallest absolute Gasteiger partial charge is 0.262 e. The first-order chi connectivity index (χ1) is 15.1. The topological polar surface area (TPSA) is 67.4 Å². The Bertz CT molecular complexity index is 1010. The summed E-state index contributed by atoms with van der Waals surface area (Å²) in [7, 11) is 1.63. The van der Waals surface area contributed by atoms with Crippen molar-refractivity contribution < 1.29 is 14.3 Å². The van der Waals surface area contributed by atoms with Crippen LogP contribution in [-0.4, -0.2) is 31.1 Å². The Balaban J connectivity index is 1.56. The molecule has 1 aliphatic rings. The van der Waals surface area contributed by atoms with Crippen molar-refractivity contribution in [2.24, 2.45) is 0 Å². The van der Waals surface area contributed by atoms with Crippen LogP contribution in [-0.2, 0) is 9.53 Å². The molecule has 1 fully saturated rings. The van der Waals surface area contributed by atoms with E-state index in [2.05, 4.69) is 10.6 Å². The molecule has 5 nitrogen and oxygen atoms in total. The van der Waals surface area contributed by atoms with Gasteiger partial charge in [0.05, 0.1) is 17.5 Å². The summed E-state index contributed by atoms with van der Waals surface area (Å²) in [6.45, 7) is 0.371. The number of carbonyl (C=O) groups excluding carboxylic acids is 2. The minimum absolute atomic E-state index is 0.132. The molecule has 4 rings (SSSR count). The number of hydrogen-bond acceptors (Lipinski definition) is 4. The minimum Gasteiger partial charge on any atom is -0.382 e. The van der Waals surface area contributed by atoms with Crippen LogP contribution in [0.15, 0.2) is 60.7 Å². The highest BCUT2D eigenvalue weighted by Gasteiger charge is 2.42. The van der Waals surface area contributed by atoms with E-state index in [1.807, 2.05) is 60.7 Å². The summed E-state index contributed by atoms with van der Waals surface area (Å²) in [4.78, 5) is 27.3. The van der Waals surface area contributed by atoms with Crippen molar-refractivity contribution in [1.82, 2.24) is 10.6 Å². The van der Waals surface area contributed by atoms with Crippen LogP contribution < -0.4 is 10.6 Å². The number of benzene rings is 2. The monoisotopic (exact) mass is 436 g/mol. The zero-order valence-corrected chi connectivity index (χ0v) is 18.5. The second-order valence-corrected chi connectivity index (χ2v) is 9.22. The molecule has 0 aliphatic heterocycles. The molecule has 0 spiro atoms. The van der Waals surface area contributed by atoms with Crippen molar-refractivity contribution in [3.63, 3.8) is 0 Å². The fourth-order valence-electron chi connectivity index (χ4n) is 4.31. The maximum atomic E-state index is 13.5. The summed E-state index contributed by atoms with van der Waals surface area (Å²) in [5.74, 6) is -0.311. The molecule has 1 atom stereocenters. The zero-order valence-electron chi connectivity index (χ0n) is 17.7. The van der Waals surface area contributed by atoms with E-state index >= 15 is 0 Å². The van der Waals surface area contributed by atoms with E-state index in [1.165, 1.54) is 11.3 Å². The Kier molecular flexibility index (Phi) is 6.68. The summed E-state index contributed by atoms with van der Waals surface area (Å²) in [5.41, 5.74) is 0.0891. The molecule has 3 aromatic rings. The van der Waals surface area contributed by atoms with Crippen LogP contribution >= 0.6 is 11.3 Å². The predicted octanol–water partition coefficient (Wildman–Crippen LogP) is 4.84. The highest BCUT2D eigenvalue weighted by molar-refractivity contribution is 7.20. The highest BCUT2D eigenvalue weighted by Crippen LogP contribution is 2.31. The summed E-state index contributed by atoms with van der Waals surface area (Å²) in [5, 5.41) is 7.33. The van der Waals surface area contributed by atoms with Crippen LogP contribution in [0.4, 0.5) is 0 Å². The molecule has 2 amide bonds.